The molecule has 1 fully saturated rings. The summed E-state index contributed by atoms with van der Waals surface area (Å²) in [5.74, 6) is 0. The van der Waals surface area contributed by atoms with Crippen molar-refractivity contribution in [3.05, 3.63) is 33.3 Å². The van der Waals surface area contributed by atoms with E-state index in [0.29, 0.717) is 16.8 Å². The predicted molar refractivity (Wildman–Crippen MR) is 64.0 cm³/mol. The van der Waals surface area contributed by atoms with E-state index in [9.17, 15) is 10.1 Å². The molecular formula is C11H13ClN2O2. The first kappa shape index (κ1) is 11.2. The minimum atomic E-state index is -0.400. The molecule has 1 aromatic rings. The number of nitrogens with one attached hydrogen (secondary N) is 1. The number of rotatable bonds is 3. The number of anilines is 1. The Kier molecular flexibility index (Phi) is 3.29. The second kappa shape index (κ2) is 4.70. The number of halogens is 1. The number of nitro groups is 1. The van der Waals surface area contributed by atoms with E-state index in [1.54, 1.807) is 12.1 Å². The van der Waals surface area contributed by atoms with Gasteiger partial charge < -0.3 is 5.32 Å². The van der Waals surface area contributed by atoms with Crippen molar-refractivity contribution in [3.8, 4) is 0 Å². The van der Waals surface area contributed by atoms with Gasteiger partial charge in [-0.1, -0.05) is 24.4 Å². The minimum Gasteiger partial charge on any atom is -0.377 e. The molecule has 1 aliphatic rings. The molecule has 16 heavy (non-hydrogen) atoms. The molecule has 1 aliphatic carbocycles. The third-order valence-electron chi connectivity index (χ3n) is 2.87. The SMILES string of the molecule is O=[N+]([O-])c1cc(Cl)ccc1NC1CCCC1. The largest absolute Gasteiger partial charge is 0.377 e. The van der Waals surface area contributed by atoms with E-state index >= 15 is 0 Å². The van der Waals surface area contributed by atoms with Gasteiger partial charge in [-0.15, -0.1) is 0 Å². The number of hydrogen-bond donors (Lipinski definition) is 1. The molecule has 0 atom stereocenters. The van der Waals surface area contributed by atoms with E-state index in [0.717, 1.165) is 12.8 Å². The van der Waals surface area contributed by atoms with Gasteiger partial charge in [0, 0.05) is 17.1 Å². The Balaban J connectivity index is 2.21. The first-order valence-corrected chi connectivity index (χ1v) is 5.75. The molecule has 2 rings (SSSR count). The first-order chi connectivity index (χ1) is 7.66. The van der Waals surface area contributed by atoms with Crippen molar-refractivity contribution in [1.29, 1.82) is 0 Å². The second-order valence-corrected chi connectivity index (χ2v) is 4.48. The van der Waals surface area contributed by atoms with Gasteiger partial charge in [0.1, 0.15) is 5.69 Å². The summed E-state index contributed by atoms with van der Waals surface area (Å²) in [6.45, 7) is 0. The van der Waals surface area contributed by atoms with E-state index in [4.69, 9.17) is 11.6 Å². The zero-order chi connectivity index (χ0) is 11.5. The molecule has 0 amide bonds. The maximum atomic E-state index is 10.9. The van der Waals surface area contributed by atoms with Crippen molar-refractivity contribution in [2.24, 2.45) is 0 Å². The zero-order valence-corrected chi connectivity index (χ0v) is 9.54. The van der Waals surface area contributed by atoms with Crippen LogP contribution in [0.2, 0.25) is 5.02 Å². The summed E-state index contributed by atoms with van der Waals surface area (Å²) >= 11 is 5.75. The smallest absolute Gasteiger partial charge is 0.293 e. The van der Waals surface area contributed by atoms with Crippen LogP contribution in [0, 0.1) is 10.1 Å². The van der Waals surface area contributed by atoms with Gasteiger partial charge in [0.2, 0.25) is 0 Å². The molecule has 0 heterocycles. The van der Waals surface area contributed by atoms with E-state index in [2.05, 4.69) is 5.32 Å². The lowest BCUT2D eigenvalue weighted by Gasteiger charge is -2.13. The van der Waals surface area contributed by atoms with E-state index < -0.39 is 4.92 Å². The number of nitrogens with zero attached hydrogens (tertiary/aromatic N) is 1. The van der Waals surface area contributed by atoms with Gasteiger partial charge in [0.15, 0.2) is 0 Å². The highest BCUT2D eigenvalue weighted by atomic mass is 35.5. The van der Waals surface area contributed by atoms with Crippen molar-refractivity contribution in [3.63, 3.8) is 0 Å². The Morgan fingerprint density at radius 1 is 1.38 bits per heavy atom. The van der Waals surface area contributed by atoms with Gasteiger partial charge in [-0.3, -0.25) is 10.1 Å². The average Bonchev–Trinajstić information content (AvgIpc) is 2.73. The highest BCUT2D eigenvalue weighted by molar-refractivity contribution is 6.30. The predicted octanol–water partition coefficient (Wildman–Crippen LogP) is 3.60. The van der Waals surface area contributed by atoms with Gasteiger partial charge in [-0.05, 0) is 25.0 Å². The van der Waals surface area contributed by atoms with Crippen molar-refractivity contribution in [2.45, 2.75) is 31.7 Å². The summed E-state index contributed by atoms with van der Waals surface area (Å²) < 4.78 is 0. The van der Waals surface area contributed by atoms with Crippen LogP contribution in [0.4, 0.5) is 11.4 Å². The highest BCUT2D eigenvalue weighted by Crippen LogP contribution is 2.30. The highest BCUT2D eigenvalue weighted by Gasteiger charge is 2.20. The number of nitro benzene ring substituents is 1. The monoisotopic (exact) mass is 240 g/mol. The van der Waals surface area contributed by atoms with Crippen molar-refractivity contribution in [2.75, 3.05) is 5.32 Å². The molecule has 4 nitrogen and oxygen atoms in total. The van der Waals surface area contributed by atoms with Gasteiger partial charge in [0.25, 0.3) is 5.69 Å². The maximum Gasteiger partial charge on any atom is 0.293 e. The Morgan fingerprint density at radius 2 is 2.06 bits per heavy atom. The van der Waals surface area contributed by atoms with Crippen LogP contribution in [-0.2, 0) is 0 Å². The van der Waals surface area contributed by atoms with E-state index in [1.165, 1.54) is 18.9 Å². The van der Waals surface area contributed by atoms with Crippen LogP contribution in [0.3, 0.4) is 0 Å². The molecule has 1 N–H and O–H groups in total. The molecule has 1 saturated carbocycles. The van der Waals surface area contributed by atoms with Crippen molar-refractivity contribution >= 4 is 23.0 Å². The van der Waals surface area contributed by atoms with Crippen molar-refractivity contribution in [1.82, 2.24) is 0 Å². The Morgan fingerprint density at radius 3 is 2.69 bits per heavy atom. The molecule has 0 aromatic heterocycles. The zero-order valence-electron chi connectivity index (χ0n) is 8.78. The summed E-state index contributed by atoms with van der Waals surface area (Å²) in [5, 5.41) is 14.5. The molecule has 0 bridgehead atoms. The molecule has 0 radical (unpaired) electrons. The molecule has 0 saturated heterocycles. The Labute approximate surface area is 98.8 Å². The molecule has 1 aromatic carbocycles. The van der Waals surface area contributed by atoms with Crippen LogP contribution in [0.1, 0.15) is 25.7 Å². The molecule has 5 heteroatoms. The second-order valence-electron chi connectivity index (χ2n) is 4.04. The average molecular weight is 241 g/mol. The molecular weight excluding hydrogens is 228 g/mol. The number of hydrogen-bond acceptors (Lipinski definition) is 3. The minimum absolute atomic E-state index is 0.0550. The lowest BCUT2D eigenvalue weighted by Crippen LogP contribution is -2.15. The van der Waals surface area contributed by atoms with E-state index in [-0.39, 0.29) is 5.69 Å². The van der Waals surface area contributed by atoms with Gasteiger partial charge in [0.05, 0.1) is 4.92 Å². The molecule has 0 aliphatic heterocycles. The Bertz CT molecular complexity index is 403. The summed E-state index contributed by atoms with van der Waals surface area (Å²) in [7, 11) is 0. The van der Waals surface area contributed by atoms with Crippen LogP contribution < -0.4 is 5.32 Å². The van der Waals surface area contributed by atoms with Gasteiger partial charge in [-0.2, -0.15) is 0 Å². The maximum absolute atomic E-state index is 10.9. The lowest BCUT2D eigenvalue weighted by atomic mass is 10.2. The fraction of sp³-hybridized carbons (Fsp3) is 0.455. The first-order valence-electron chi connectivity index (χ1n) is 5.37. The van der Waals surface area contributed by atoms with Crippen LogP contribution in [-0.4, -0.2) is 11.0 Å². The molecule has 0 spiro atoms. The molecule has 86 valence electrons. The normalized spacial score (nSPS) is 16.3. The Hall–Kier alpha value is -1.29. The fourth-order valence-electron chi connectivity index (χ4n) is 2.07. The van der Waals surface area contributed by atoms with E-state index in [1.807, 2.05) is 0 Å². The summed E-state index contributed by atoms with van der Waals surface area (Å²) in [5.41, 5.74) is 0.626. The summed E-state index contributed by atoms with van der Waals surface area (Å²) in [4.78, 5) is 10.5. The lowest BCUT2D eigenvalue weighted by molar-refractivity contribution is -0.384. The van der Waals surface area contributed by atoms with Crippen LogP contribution >= 0.6 is 11.6 Å². The van der Waals surface area contributed by atoms with Crippen LogP contribution in [0.15, 0.2) is 18.2 Å². The quantitative estimate of drug-likeness (QED) is 0.649. The fourth-order valence-corrected chi connectivity index (χ4v) is 2.23. The van der Waals surface area contributed by atoms with Gasteiger partial charge >= 0.3 is 0 Å². The third kappa shape index (κ3) is 2.44. The van der Waals surface area contributed by atoms with Crippen molar-refractivity contribution < 1.29 is 4.92 Å². The third-order valence-corrected chi connectivity index (χ3v) is 3.11. The standard InChI is InChI=1S/C11H13ClN2O2/c12-8-5-6-10(11(7-8)14(15)16)13-9-3-1-2-4-9/h5-7,9,13H,1-4H2. The number of benzene rings is 1. The summed E-state index contributed by atoms with van der Waals surface area (Å²) in [6.07, 6.45) is 4.55. The topological polar surface area (TPSA) is 55.2 Å². The van der Waals surface area contributed by atoms with Crippen LogP contribution in [0.5, 0.6) is 0 Å². The van der Waals surface area contributed by atoms with Gasteiger partial charge in [-0.25, -0.2) is 0 Å². The molecule has 0 unspecified atom stereocenters. The van der Waals surface area contributed by atoms with Crippen LogP contribution in [0.25, 0.3) is 0 Å². The summed E-state index contributed by atoms with van der Waals surface area (Å²) in [6, 6.07) is 5.10.